The van der Waals surface area contributed by atoms with E-state index < -0.39 is 39.0 Å². The SMILES string of the molecule is COC(CNS(=O)(=O)c1ccccc1OC(F)(F)F)c1cccc(F)c1. The van der Waals surface area contributed by atoms with Gasteiger partial charge in [0.2, 0.25) is 10.0 Å². The molecule has 142 valence electrons. The lowest BCUT2D eigenvalue weighted by molar-refractivity contribution is -0.275. The van der Waals surface area contributed by atoms with Gasteiger partial charge in [0.05, 0.1) is 6.10 Å². The maximum absolute atomic E-state index is 13.3. The fourth-order valence-corrected chi connectivity index (χ4v) is 3.35. The summed E-state index contributed by atoms with van der Waals surface area (Å²) < 4.78 is 86.4. The first-order valence-electron chi connectivity index (χ1n) is 7.25. The molecule has 0 fully saturated rings. The normalized spacial score (nSPS) is 13.4. The van der Waals surface area contributed by atoms with E-state index >= 15 is 0 Å². The van der Waals surface area contributed by atoms with Crippen molar-refractivity contribution in [3.05, 3.63) is 59.9 Å². The molecule has 0 saturated carbocycles. The zero-order valence-electron chi connectivity index (χ0n) is 13.5. The highest BCUT2D eigenvalue weighted by Gasteiger charge is 2.34. The Kier molecular flexibility index (Phi) is 6.21. The Morgan fingerprint density at radius 2 is 1.81 bits per heavy atom. The van der Waals surface area contributed by atoms with Gasteiger partial charge in [0, 0.05) is 13.7 Å². The Morgan fingerprint density at radius 3 is 2.42 bits per heavy atom. The van der Waals surface area contributed by atoms with Crippen molar-refractivity contribution in [2.45, 2.75) is 17.4 Å². The third kappa shape index (κ3) is 5.41. The van der Waals surface area contributed by atoms with Crippen LogP contribution in [0.4, 0.5) is 17.6 Å². The van der Waals surface area contributed by atoms with Crippen LogP contribution in [0.3, 0.4) is 0 Å². The van der Waals surface area contributed by atoms with E-state index in [0.717, 1.165) is 12.1 Å². The molecule has 5 nitrogen and oxygen atoms in total. The topological polar surface area (TPSA) is 64.6 Å². The lowest BCUT2D eigenvalue weighted by atomic mass is 10.1. The Hall–Kier alpha value is -2.17. The maximum Gasteiger partial charge on any atom is 0.573 e. The number of para-hydroxylation sites is 1. The van der Waals surface area contributed by atoms with Gasteiger partial charge in [-0.15, -0.1) is 13.2 Å². The highest BCUT2D eigenvalue weighted by Crippen LogP contribution is 2.29. The monoisotopic (exact) mass is 393 g/mol. The second kappa shape index (κ2) is 8.02. The molecule has 1 unspecified atom stereocenters. The average molecular weight is 393 g/mol. The van der Waals surface area contributed by atoms with Gasteiger partial charge in [-0.2, -0.15) is 0 Å². The van der Waals surface area contributed by atoms with Crippen molar-refractivity contribution in [1.82, 2.24) is 4.72 Å². The number of ether oxygens (including phenoxy) is 2. The molecule has 0 aliphatic heterocycles. The van der Waals surface area contributed by atoms with Crippen LogP contribution in [-0.2, 0) is 14.8 Å². The van der Waals surface area contributed by atoms with Crippen LogP contribution in [0.15, 0.2) is 53.4 Å². The Bertz CT molecular complexity index is 855. The first kappa shape index (κ1) is 20.1. The van der Waals surface area contributed by atoms with Crippen LogP contribution >= 0.6 is 0 Å². The Labute approximate surface area is 147 Å². The lowest BCUT2D eigenvalue weighted by Gasteiger charge is -2.18. The molecule has 2 rings (SSSR count). The van der Waals surface area contributed by atoms with Gasteiger partial charge in [-0.3, -0.25) is 0 Å². The minimum Gasteiger partial charge on any atom is -0.404 e. The minimum absolute atomic E-state index is 0.317. The molecule has 0 heterocycles. The molecule has 1 atom stereocenters. The fourth-order valence-electron chi connectivity index (χ4n) is 2.19. The van der Waals surface area contributed by atoms with E-state index in [1.807, 2.05) is 0 Å². The standard InChI is InChI=1S/C16H15F4NO4S/c1-24-14(11-5-4-6-12(17)9-11)10-21-26(22,23)15-8-3-2-7-13(15)25-16(18,19)20/h2-9,14,21H,10H2,1H3. The van der Waals surface area contributed by atoms with Gasteiger partial charge in [-0.05, 0) is 29.8 Å². The summed E-state index contributed by atoms with van der Waals surface area (Å²) in [6.45, 7) is -0.317. The van der Waals surface area contributed by atoms with Gasteiger partial charge in [-0.1, -0.05) is 24.3 Å². The number of hydrogen-bond donors (Lipinski definition) is 1. The van der Waals surface area contributed by atoms with Crippen LogP contribution in [-0.4, -0.2) is 28.4 Å². The van der Waals surface area contributed by atoms with Crippen molar-refractivity contribution < 1.29 is 35.5 Å². The van der Waals surface area contributed by atoms with Gasteiger partial charge in [0.25, 0.3) is 0 Å². The fraction of sp³-hybridized carbons (Fsp3) is 0.250. The molecule has 0 aromatic heterocycles. The first-order valence-corrected chi connectivity index (χ1v) is 8.73. The summed E-state index contributed by atoms with van der Waals surface area (Å²) in [7, 11) is -3.04. The third-order valence-corrected chi connectivity index (χ3v) is 4.79. The quantitative estimate of drug-likeness (QED) is 0.733. The summed E-state index contributed by atoms with van der Waals surface area (Å²) in [6, 6.07) is 9.69. The van der Waals surface area contributed by atoms with Crippen molar-refractivity contribution in [3.8, 4) is 5.75 Å². The van der Waals surface area contributed by atoms with Crippen molar-refractivity contribution in [2.75, 3.05) is 13.7 Å². The number of alkyl halides is 3. The van der Waals surface area contributed by atoms with Crippen molar-refractivity contribution in [1.29, 1.82) is 0 Å². The van der Waals surface area contributed by atoms with E-state index in [2.05, 4.69) is 9.46 Å². The van der Waals surface area contributed by atoms with Crippen LogP contribution in [0.5, 0.6) is 5.75 Å². The van der Waals surface area contributed by atoms with Gasteiger partial charge >= 0.3 is 6.36 Å². The third-order valence-electron chi connectivity index (χ3n) is 3.33. The van der Waals surface area contributed by atoms with Crippen molar-refractivity contribution >= 4 is 10.0 Å². The zero-order valence-corrected chi connectivity index (χ0v) is 14.3. The molecule has 0 saturated heterocycles. The summed E-state index contributed by atoms with van der Waals surface area (Å²) in [5.74, 6) is -1.39. The average Bonchev–Trinajstić information content (AvgIpc) is 2.54. The first-order chi connectivity index (χ1) is 12.1. The molecule has 0 amide bonds. The molecule has 26 heavy (non-hydrogen) atoms. The van der Waals surface area contributed by atoms with E-state index in [0.29, 0.717) is 5.56 Å². The van der Waals surface area contributed by atoms with Crippen LogP contribution < -0.4 is 9.46 Å². The van der Waals surface area contributed by atoms with Crippen LogP contribution in [0, 0.1) is 5.82 Å². The van der Waals surface area contributed by atoms with Crippen molar-refractivity contribution in [2.24, 2.45) is 0 Å². The predicted octanol–water partition coefficient (Wildman–Crippen LogP) is 3.39. The zero-order chi connectivity index (χ0) is 19.4. The van der Waals surface area contributed by atoms with E-state index in [1.54, 1.807) is 0 Å². The highest BCUT2D eigenvalue weighted by molar-refractivity contribution is 7.89. The second-order valence-corrected chi connectivity index (χ2v) is 6.86. The molecule has 2 aromatic rings. The Balaban J connectivity index is 2.21. The number of nitrogens with one attached hydrogen (secondary N) is 1. The summed E-state index contributed by atoms with van der Waals surface area (Å²) in [5.41, 5.74) is 0.370. The van der Waals surface area contributed by atoms with E-state index in [1.165, 1.54) is 43.5 Å². The Morgan fingerprint density at radius 1 is 1.12 bits per heavy atom. The molecule has 0 aliphatic carbocycles. The summed E-state index contributed by atoms with van der Waals surface area (Å²) in [5, 5.41) is 0. The van der Waals surface area contributed by atoms with Gasteiger partial charge in [-0.25, -0.2) is 17.5 Å². The molecular weight excluding hydrogens is 378 g/mol. The molecule has 0 radical (unpaired) electrons. The number of hydrogen-bond acceptors (Lipinski definition) is 4. The maximum atomic E-state index is 13.3. The van der Waals surface area contributed by atoms with Crippen LogP contribution in [0.2, 0.25) is 0 Å². The molecule has 1 N–H and O–H groups in total. The van der Waals surface area contributed by atoms with E-state index in [-0.39, 0.29) is 6.54 Å². The molecule has 10 heteroatoms. The second-order valence-electron chi connectivity index (χ2n) is 5.13. The number of halogens is 4. The number of rotatable bonds is 7. The highest BCUT2D eigenvalue weighted by atomic mass is 32.2. The molecule has 0 spiro atoms. The molecular formula is C16H15F4NO4S. The molecule has 0 bridgehead atoms. The van der Waals surface area contributed by atoms with Crippen LogP contribution in [0.25, 0.3) is 0 Å². The number of methoxy groups -OCH3 is 1. The summed E-state index contributed by atoms with van der Waals surface area (Å²) in [4.78, 5) is -0.675. The molecule has 2 aromatic carbocycles. The van der Waals surface area contributed by atoms with Gasteiger partial charge < -0.3 is 9.47 Å². The van der Waals surface area contributed by atoms with E-state index in [9.17, 15) is 26.0 Å². The number of benzene rings is 2. The van der Waals surface area contributed by atoms with Gasteiger partial charge in [0.1, 0.15) is 16.5 Å². The van der Waals surface area contributed by atoms with Crippen LogP contribution in [0.1, 0.15) is 11.7 Å². The summed E-state index contributed by atoms with van der Waals surface area (Å²) >= 11 is 0. The van der Waals surface area contributed by atoms with Gasteiger partial charge in [0.15, 0.2) is 0 Å². The smallest absolute Gasteiger partial charge is 0.404 e. The van der Waals surface area contributed by atoms with E-state index in [4.69, 9.17) is 4.74 Å². The lowest BCUT2D eigenvalue weighted by Crippen LogP contribution is -2.30. The number of sulfonamides is 1. The predicted molar refractivity (Wildman–Crippen MR) is 84.5 cm³/mol. The van der Waals surface area contributed by atoms with Crippen molar-refractivity contribution in [3.63, 3.8) is 0 Å². The summed E-state index contributed by atoms with van der Waals surface area (Å²) in [6.07, 6.45) is -5.88. The molecule has 0 aliphatic rings. The minimum atomic E-state index is -5.04. The largest absolute Gasteiger partial charge is 0.573 e.